The Hall–Kier alpha value is -2.89. The fraction of sp³-hybridized carbons (Fsp3) is 0.391. The summed E-state index contributed by atoms with van der Waals surface area (Å²) in [6, 6.07) is 11.2. The molecule has 0 saturated carbocycles. The van der Waals surface area contributed by atoms with E-state index in [1.165, 1.54) is 11.0 Å². The molecule has 2 rings (SSSR count). The summed E-state index contributed by atoms with van der Waals surface area (Å²) in [5.41, 5.74) is 2.41. The van der Waals surface area contributed by atoms with E-state index in [-0.39, 0.29) is 25.0 Å². The van der Waals surface area contributed by atoms with Crippen molar-refractivity contribution >= 4 is 11.8 Å². The van der Waals surface area contributed by atoms with Crippen molar-refractivity contribution in [3.63, 3.8) is 0 Å². The lowest BCUT2D eigenvalue weighted by Gasteiger charge is -2.29. The van der Waals surface area contributed by atoms with Crippen molar-refractivity contribution in [2.75, 3.05) is 13.2 Å². The Bertz CT molecular complexity index is 834. The Balaban J connectivity index is 2.17. The lowest BCUT2D eigenvalue weighted by Crippen LogP contribution is -2.49. The molecule has 1 atom stereocenters. The van der Waals surface area contributed by atoms with Crippen LogP contribution in [-0.2, 0) is 16.1 Å². The SMILES string of the molecule is CCCNC(=O)[C@H](C)N(Cc1ccccc1F)C(=O)COc1cc(C)cc(C)c1. The van der Waals surface area contributed by atoms with Gasteiger partial charge in [0.1, 0.15) is 17.6 Å². The molecule has 0 aliphatic carbocycles. The van der Waals surface area contributed by atoms with Crippen LogP contribution in [0.2, 0.25) is 0 Å². The van der Waals surface area contributed by atoms with Gasteiger partial charge in [-0.25, -0.2) is 4.39 Å². The third-order valence-corrected chi connectivity index (χ3v) is 4.57. The Morgan fingerprint density at radius 3 is 2.41 bits per heavy atom. The second-order valence-electron chi connectivity index (χ2n) is 7.19. The predicted molar refractivity (Wildman–Crippen MR) is 111 cm³/mol. The number of ether oxygens (including phenoxy) is 1. The van der Waals surface area contributed by atoms with Crippen molar-refractivity contribution in [1.29, 1.82) is 0 Å². The van der Waals surface area contributed by atoms with Crippen LogP contribution < -0.4 is 10.1 Å². The Labute approximate surface area is 171 Å². The number of halogens is 1. The van der Waals surface area contributed by atoms with Crippen LogP contribution in [0, 0.1) is 19.7 Å². The number of amides is 2. The van der Waals surface area contributed by atoms with Gasteiger partial charge in [-0.1, -0.05) is 31.2 Å². The highest BCUT2D eigenvalue weighted by molar-refractivity contribution is 5.87. The third kappa shape index (κ3) is 6.59. The third-order valence-electron chi connectivity index (χ3n) is 4.57. The predicted octanol–water partition coefficient (Wildman–Crippen LogP) is 3.76. The first-order chi connectivity index (χ1) is 13.8. The molecule has 156 valence electrons. The highest BCUT2D eigenvalue weighted by Crippen LogP contribution is 2.17. The molecule has 0 bridgehead atoms. The molecule has 29 heavy (non-hydrogen) atoms. The highest BCUT2D eigenvalue weighted by Gasteiger charge is 2.27. The van der Waals surface area contributed by atoms with Crippen LogP contribution in [0.15, 0.2) is 42.5 Å². The van der Waals surface area contributed by atoms with Gasteiger partial charge in [-0.15, -0.1) is 0 Å². The summed E-state index contributed by atoms with van der Waals surface area (Å²) in [6.45, 7) is 7.76. The minimum absolute atomic E-state index is 0.0115. The first-order valence-electron chi connectivity index (χ1n) is 9.83. The van der Waals surface area contributed by atoms with Gasteiger partial charge in [-0.05, 0) is 56.5 Å². The molecule has 0 aromatic heterocycles. The summed E-state index contributed by atoms with van der Waals surface area (Å²) < 4.78 is 19.8. The number of nitrogens with zero attached hydrogens (tertiary/aromatic N) is 1. The van der Waals surface area contributed by atoms with E-state index in [1.54, 1.807) is 25.1 Å². The molecule has 0 radical (unpaired) electrons. The summed E-state index contributed by atoms with van der Waals surface area (Å²) in [6.07, 6.45) is 0.787. The molecule has 0 spiro atoms. The van der Waals surface area contributed by atoms with Gasteiger partial charge in [-0.3, -0.25) is 9.59 Å². The standard InChI is InChI=1S/C23H29FN2O3/c1-5-10-25-23(28)18(4)26(14-19-8-6-7-9-21(19)24)22(27)15-29-20-12-16(2)11-17(3)13-20/h6-9,11-13,18H,5,10,14-15H2,1-4H3,(H,25,28)/t18-/m0/s1. The van der Waals surface area contributed by atoms with E-state index < -0.39 is 11.9 Å². The van der Waals surface area contributed by atoms with Gasteiger partial charge in [0.2, 0.25) is 5.91 Å². The fourth-order valence-corrected chi connectivity index (χ4v) is 3.03. The van der Waals surface area contributed by atoms with Crippen LogP contribution in [-0.4, -0.2) is 35.9 Å². The summed E-state index contributed by atoms with van der Waals surface area (Å²) in [7, 11) is 0. The number of nitrogens with one attached hydrogen (secondary N) is 1. The van der Waals surface area contributed by atoms with E-state index in [0.717, 1.165) is 17.5 Å². The van der Waals surface area contributed by atoms with Gasteiger partial charge in [0, 0.05) is 18.7 Å². The number of carbonyl (C=O) groups is 2. The van der Waals surface area contributed by atoms with Crippen molar-refractivity contribution in [3.8, 4) is 5.75 Å². The van der Waals surface area contributed by atoms with E-state index in [9.17, 15) is 14.0 Å². The van der Waals surface area contributed by atoms with Crippen molar-refractivity contribution in [2.24, 2.45) is 0 Å². The normalized spacial score (nSPS) is 11.6. The van der Waals surface area contributed by atoms with Gasteiger partial charge in [0.15, 0.2) is 6.61 Å². The largest absolute Gasteiger partial charge is 0.484 e. The molecule has 2 aromatic carbocycles. The van der Waals surface area contributed by atoms with Crippen LogP contribution in [0.25, 0.3) is 0 Å². The lowest BCUT2D eigenvalue weighted by molar-refractivity contribution is -0.142. The molecule has 2 aromatic rings. The summed E-state index contributed by atoms with van der Waals surface area (Å²) in [5.74, 6) is -0.485. The number of rotatable bonds is 9. The molecule has 0 aliphatic heterocycles. The smallest absolute Gasteiger partial charge is 0.261 e. The molecule has 0 fully saturated rings. The maximum atomic E-state index is 14.2. The Kier molecular flexibility index (Phi) is 8.19. The van der Waals surface area contributed by atoms with Gasteiger partial charge >= 0.3 is 0 Å². The highest BCUT2D eigenvalue weighted by atomic mass is 19.1. The zero-order chi connectivity index (χ0) is 21.4. The number of carbonyl (C=O) groups excluding carboxylic acids is 2. The molecular formula is C23H29FN2O3. The van der Waals surface area contributed by atoms with E-state index in [1.807, 2.05) is 39.0 Å². The summed E-state index contributed by atoms with van der Waals surface area (Å²) in [4.78, 5) is 26.7. The minimum atomic E-state index is -0.753. The molecule has 5 nitrogen and oxygen atoms in total. The number of hydrogen-bond acceptors (Lipinski definition) is 3. The van der Waals surface area contributed by atoms with Gasteiger partial charge in [-0.2, -0.15) is 0 Å². The molecule has 1 N–H and O–H groups in total. The first-order valence-corrected chi connectivity index (χ1v) is 9.83. The van der Waals surface area contributed by atoms with Crippen LogP contribution >= 0.6 is 0 Å². The van der Waals surface area contributed by atoms with Crippen molar-refractivity contribution in [3.05, 3.63) is 65.0 Å². The molecule has 0 unspecified atom stereocenters. The minimum Gasteiger partial charge on any atom is -0.484 e. The van der Waals surface area contributed by atoms with Crippen LogP contribution in [0.3, 0.4) is 0 Å². The zero-order valence-electron chi connectivity index (χ0n) is 17.5. The average Bonchev–Trinajstić information content (AvgIpc) is 2.68. The van der Waals surface area contributed by atoms with Crippen LogP contribution in [0.4, 0.5) is 4.39 Å². The van der Waals surface area contributed by atoms with Crippen LogP contribution in [0.5, 0.6) is 5.75 Å². The van der Waals surface area contributed by atoms with Crippen LogP contribution in [0.1, 0.15) is 37.0 Å². The fourth-order valence-electron chi connectivity index (χ4n) is 3.03. The monoisotopic (exact) mass is 400 g/mol. The van der Waals surface area contributed by atoms with E-state index in [0.29, 0.717) is 17.9 Å². The van der Waals surface area contributed by atoms with Gasteiger partial charge in [0.25, 0.3) is 5.91 Å². The number of aryl methyl sites for hydroxylation is 2. The average molecular weight is 400 g/mol. The van der Waals surface area contributed by atoms with Crippen molar-refractivity contribution in [2.45, 2.75) is 46.7 Å². The number of benzene rings is 2. The molecular weight excluding hydrogens is 371 g/mol. The van der Waals surface area contributed by atoms with Gasteiger partial charge in [0.05, 0.1) is 0 Å². The van der Waals surface area contributed by atoms with Gasteiger partial charge < -0.3 is 15.0 Å². The maximum Gasteiger partial charge on any atom is 0.261 e. The van der Waals surface area contributed by atoms with E-state index in [2.05, 4.69) is 5.32 Å². The molecule has 0 saturated heterocycles. The molecule has 2 amide bonds. The molecule has 0 heterocycles. The molecule has 6 heteroatoms. The molecule has 0 aliphatic rings. The Morgan fingerprint density at radius 2 is 1.79 bits per heavy atom. The first kappa shape index (κ1) is 22.4. The number of hydrogen-bond donors (Lipinski definition) is 1. The Morgan fingerprint density at radius 1 is 1.14 bits per heavy atom. The van der Waals surface area contributed by atoms with Crippen molar-refractivity contribution < 1.29 is 18.7 Å². The quantitative estimate of drug-likeness (QED) is 0.697. The van der Waals surface area contributed by atoms with E-state index >= 15 is 0 Å². The second-order valence-corrected chi connectivity index (χ2v) is 7.19. The lowest BCUT2D eigenvalue weighted by atomic mass is 10.1. The van der Waals surface area contributed by atoms with Crippen molar-refractivity contribution in [1.82, 2.24) is 10.2 Å². The zero-order valence-corrected chi connectivity index (χ0v) is 17.5. The summed E-state index contributed by atoms with van der Waals surface area (Å²) >= 11 is 0. The topological polar surface area (TPSA) is 58.6 Å². The maximum absolute atomic E-state index is 14.2. The summed E-state index contributed by atoms with van der Waals surface area (Å²) in [5, 5.41) is 2.79. The van der Waals surface area contributed by atoms with E-state index in [4.69, 9.17) is 4.74 Å². The second kappa shape index (κ2) is 10.6.